The number of carbonyl (C=O) groups is 2. The van der Waals surface area contributed by atoms with E-state index in [1.54, 1.807) is 4.57 Å². The number of aromatic nitrogens is 2. The van der Waals surface area contributed by atoms with Gasteiger partial charge < -0.3 is 14.8 Å². The number of hydrogen-bond donors (Lipinski definition) is 2. The molecule has 0 aliphatic heterocycles. The van der Waals surface area contributed by atoms with Gasteiger partial charge in [-0.2, -0.15) is 0 Å². The number of aliphatic carboxylic acids is 1. The van der Waals surface area contributed by atoms with E-state index < -0.39 is 11.9 Å². The predicted octanol–water partition coefficient (Wildman–Crippen LogP) is 2.28. The number of pyridine rings is 1. The lowest BCUT2D eigenvalue weighted by atomic mass is 10.1. The van der Waals surface area contributed by atoms with Crippen LogP contribution in [0.25, 0.3) is 21.8 Å². The van der Waals surface area contributed by atoms with Crippen LogP contribution in [0.3, 0.4) is 0 Å². The van der Waals surface area contributed by atoms with Gasteiger partial charge in [-0.1, -0.05) is 11.6 Å². The summed E-state index contributed by atoms with van der Waals surface area (Å²) in [7, 11) is 0. The van der Waals surface area contributed by atoms with Gasteiger partial charge in [0.05, 0.1) is 11.7 Å². The molecule has 0 aliphatic carbocycles. The average molecular weight is 284 g/mol. The topological polar surface area (TPSA) is 92.4 Å². The Kier molecular flexibility index (Phi) is 2.86. The second kappa shape index (κ2) is 4.59. The fourth-order valence-corrected chi connectivity index (χ4v) is 2.53. The maximum Gasteiger partial charge on any atom is 0.354 e. The molecule has 0 unspecified atom stereocenters. The molecule has 0 radical (unpaired) electrons. The number of aryl methyl sites for hydroxylation is 1. The molecule has 1 aromatic carbocycles. The number of hydrogen-bond acceptors (Lipinski definition) is 3. The van der Waals surface area contributed by atoms with E-state index >= 15 is 0 Å². The molecule has 0 saturated carbocycles. The highest BCUT2D eigenvalue weighted by atomic mass is 16.4. The van der Waals surface area contributed by atoms with Crippen LogP contribution in [-0.4, -0.2) is 31.7 Å². The maximum atomic E-state index is 11.1. The standard InChI is InChI=1S/C15H12N2O4/c1-8-2-3-12-9(4-8)10-5-11(15(20)21)16-6-13(10)17(12)7-14(18)19/h2-6H,7H2,1H3,(H,18,19)(H,20,21). The lowest BCUT2D eigenvalue weighted by Gasteiger charge is -2.03. The first-order valence-electron chi connectivity index (χ1n) is 6.31. The normalized spacial score (nSPS) is 11.1. The monoisotopic (exact) mass is 284 g/mol. The van der Waals surface area contributed by atoms with Crippen molar-refractivity contribution >= 4 is 33.7 Å². The first-order valence-corrected chi connectivity index (χ1v) is 6.31. The van der Waals surface area contributed by atoms with Crippen LogP contribution in [0.2, 0.25) is 0 Å². The van der Waals surface area contributed by atoms with Crippen LogP contribution in [0.5, 0.6) is 0 Å². The van der Waals surface area contributed by atoms with E-state index in [4.69, 9.17) is 10.2 Å². The molecule has 0 saturated heterocycles. The summed E-state index contributed by atoms with van der Waals surface area (Å²) in [4.78, 5) is 26.0. The lowest BCUT2D eigenvalue weighted by molar-refractivity contribution is -0.137. The molecule has 21 heavy (non-hydrogen) atoms. The number of rotatable bonds is 3. The summed E-state index contributed by atoms with van der Waals surface area (Å²) in [5.41, 5.74) is 2.33. The minimum absolute atomic E-state index is 0.0571. The van der Waals surface area contributed by atoms with Crippen LogP contribution < -0.4 is 0 Å². The molecular weight excluding hydrogens is 272 g/mol. The Labute approximate surface area is 119 Å². The molecule has 3 aromatic rings. The van der Waals surface area contributed by atoms with Crippen molar-refractivity contribution in [2.45, 2.75) is 13.5 Å². The van der Waals surface area contributed by atoms with Gasteiger partial charge in [0.15, 0.2) is 0 Å². The lowest BCUT2D eigenvalue weighted by Crippen LogP contribution is -2.08. The number of nitrogens with zero attached hydrogens (tertiary/aromatic N) is 2. The third-order valence-electron chi connectivity index (χ3n) is 3.42. The zero-order valence-corrected chi connectivity index (χ0v) is 11.2. The number of carboxylic acid groups (broad SMARTS) is 2. The zero-order chi connectivity index (χ0) is 15.1. The van der Waals surface area contributed by atoms with Crippen LogP contribution in [-0.2, 0) is 11.3 Å². The molecule has 3 rings (SSSR count). The summed E-state index contributed by atoms with van der Waals surface area (Å²) in [6, 6.07) is 7.14. The molecule has 2 N–H and O–H groups in total. The quantitative estimate of drug-likeness (QED) is 0.769. The molecule has 0 atom stereocenters. The van der Waals surface area contributed by atoms with Gasteiger partial charge in [0.1, 0.15) is 12.2 Å². The Morgan fingerprint density at radius 1 is 1.14 bits per heavy atom. The van der Waals surface area contributed by atoms with E-state index in [0.29, 0.717) is 10.9 Å². The minimum Gasteiger partial charge on any atom is -0.480 e. The highest BCUT2D eigenvalue weighted by Gasteiger charge is 2.15. The number of fused-ring (bicyclic) bond motifs is 3. The molecule has 6 heteroatoms. The van der Waals surface area contributed by atoms with Crippen LogP contribution >= 0.6 is 0 Å². The molecule has 2 aromatic heterocycles. The summed E-state index contributed by atoms with van der Waals surface area (Å²) >= 11 is 0. The van der Waals surface area contributed by atoms with E-state index in [1.807, 2.05) is 25.1 Å². The predicted molar refractivity (Wildman–Crippen MR) is 76.6 cm³/mol. The van der Waals surface area contributed by atoms with E-state index in [-0.39, 0.29) is 12.2 Å². The third-order valence-corrected chi connectivity index (χ3v) is 3.42. The van der Waals surface area contributed by atoms with Gasteiger partial charge in [-0.25, -0.2) is 9.78 Å². The smallest absolute Gasteiger partial charge is 0.354 e. The average Bonchev–Trinajstić information content (AvgIpc) is 2.71. The van der Waals surface area contributed by atoms with Crippen LogP contribution in [0.15, 0.2) is 30.5 Å². The second-order valence-electron chi connectivity index (χ2n) is 4.89. The van der Waals surface area contributed by atoms with E-state index in [0.717, 1.165) is 16.5 Å². The highest BCUT2D eigenvalue weighted by Crippen LogP contribution is 2.29. The van der Waals surface area contributed by atoms with Gasteiger partial charge in [0.2, 0.25) is 0 Å². The molecule has 0 amide bonds. The number of benzene rings is 1. The van der Waals surface area contributed by atoms with Gasteiger partial charge in [0, 0.05) is 16.3 Å². The second-order valence-corrected chi connectivity index (χ2v) is 4.89. The zero-order valence-electron chi connectivity index (χ0n) is 11.2. The molecule has 6 nitrogen and oxygen atoms in total. The van der Waals surface area contributed by atoms with Crippen LogP contribution in [0.4, 0.5) is 0 Å². The van der Waals surface area contributed by atoms with Gasteiger partial charge >= 0.3 is 11.9 Å². The van der Waals surface area contributed by atoms with Crippen molar-refractivity contribution in [2.24, 2.45) is 0 Å². The summed E-state index contributed by atoms with van der Waals surface area (Å²) in [5.74, 6) is -2.07. The largest absolute Gasteiger partial charge is 0.480 e. The van der Waals surface area contributed by atoms with Gasteiger partial charge in [-0.15, -0.1) is 0 Å². The van der Waals surface area contributed by atoms with Crippen molar-refractivity contribution in [1.29, 1.82) is 0 Å². The Morgan fingerprint density at radius 3 is 2.52 bits per heavy atom. The summed E-state index contributed by atoms with van der Waals surface area (Å²) in [5, 5.41) is 19.7. The van der Waals surface area contributed by atoms with E-state index in [2.05, 4.69) is 4.98 Å². The fraction of sp³-hybridized carbons (Fsp3) is 0.133. The fourth-order valence-electron chi connectivity index (χ4n) is 2.53. The molecule has 2 heterocycles. The summed E-state index contributed by atoms with van der Waals surface area (Å²) in [6.45, 7) is 1.73. The van der Waals surface area contributed by atoms with Gasteiger partial charge in [-0.05, 0) is 25.1 Å². The molecule has 0 fully saturated rings. The van der Waals surface area contributed by atoms with Crippen molar-refractivity contribution < 1.29 is 19.8 Å². The van der Waals surface area contributed by atoms with Crippen molar-refractivity contribution in [2.75, 3.05) is 0 Å². The Hall–Kier alpha value is -2.89. The molecule has 0 bridgehead atoms. The molecular formula is C15H12N2O4. The first kappa shape index (κ1) is 13.1. The minimum atomic E-state index is -1.11. The van der Waals surface area contributed by atoms with Crippen molar-refractivity contribution in [3.63, 3.8) is 0 Å². The van der Waals surface area contributed by atoms with Crippen molar-refractivity contribution in [3.8, 4) is 0 Å². The van der Waals surface area contributed by atoms with Crippen LogP contribution in [0.1, 0.15) is 16.1 Å². The van der Waals surface area contributed by atoms with Crippen LogP contribution in [0, 0.1) is 6.92 Å². The maximum absolute atomic E-state index is 11.1. The van der Waals surface area contributed by atoms with Gasteiger partial charge in [-0.3, -0.25) is 4.79 Å². The number of aromatic carboxylic acids is 1. The Morgan fingerprint density at radius 2 is 1.86 bits per heavy atom. The first-order chi connectivity index (χ1) is 9.97. The SMILES string of the molecule is Cc1ccc2c(c1)c1cc(C(=O)O)ncc1n2CC(=O)O. The molecule has 106 valence electrons. The Bertz CT molecular complexity index is 895. The van der Waals surface area contributed by atoms with E-state index in [1.165, 1.54) is 12.3 Å². The van der Waals surface area contributed by atoms with Gasteiger partial charge in [0.25, 0.3) is 0 Å². The Balaban J connectivity index is 2.43. The number of carboxylic acids is 2. The summed E-state index contributed by atoms with van der Waals surface area (Å²) < 4.78 is 1.63. The van der Waals surface area contributed by atoms with Crippen molar-refractivity contribution in [1.82, 2.24) is 9.55 Å². The van der Waals surface area contributed by atoms with E-state index in [9.17, 15) is 9.59 Å². The highest BCUT2D eigenvalue weighted by molar-refractivity contribution is 6.10. The third kappa shape index (κ3) is 2.10. The van der Waals surface area contributed by atoms with Crippen molar-refractivity contribution in [3.05, 3.63) is 41.7 Å². The summed E-state index contributed by atoms with van der Waals surface area (Å²) in [6.07, 6.45) is 1.41. The molecule has 0 spiro atoms. The molecule has 0 aliphatic rings.